The van der Waals surface area contributed by atoms with E-state index in [2.05, 4.69) is 4.57 Å². The van der Waals surface area contributed by atoms with Crippen LogP contribution in [0.5, 0.6) is 0 Å². The molecule has 27 heavy (non-hydrogen) atoms. The number of Topliss-reactive ketones (excluding diaryl/α,β-unsaturated/α-hetero) is 1. The molecule has 0 radical (unpaired) electrons. The van der Waals surface area contributed by atoms with Crippen LogP contribution in [0.3, 0.4) is 0 Å². The van der Waals surface area contributed by atoms with Crippen LogP contribution in [0.25, 0.3) is 0 Å². The summed E-state index contributed by atoms with van der Waals surface area (Å²) in [5.41, 5.74) is 3.78. The van der Waals surface area contributed by atoms with E-state index in [1.807, 2.05) is 50.2 Å². The van der Waals surface area contributed by atoms with Gasteiger partial charge in [0.25, 0.3) is 0 Å². The largest absolute Gasteiger partial charge is 0.461 e. The van der Waals surface area contributed by atoms with Gasteiger partial charge in [-0.15, -0.1) is 11.6 Å². The first-order chi connectivity index (χ1) is 13.0. The zero-order chi connectivity index (χ0) is 19.4. The van der Waals surface area contributed by atoms with Crippen LogP contribution in [0.4, 0.5) is 0 Å². The minimum atomic E-state index is -0.101. The van der Waals surface area contributed by atoms with E-state index in [1.54, 1.807) is 0 Å². The van der Waals surface area contributed by atoms with Crippen molar-refractivity contribution < 1.29 is 14.3 Å². The Labute approximate surface area is 165 Å². The summed E-state index contributed by atoms with van der Waals surface area (Å²) in [6.07, 6.45) is 3.45. The third-order valence-electron chi connectivity index (χ3n) is 5.53. The molecule has 0 saturated heterocycles. The quantitative estimate of drug-likeness (QED) is 0.398. The number of benzene rings is 1. The Kier molecular flexibility index (Phi) is 6.38. The van der Waals surface area contributed by atoms with Gasteiger partial charge in [-0.1, -0.05) is 30.3 Å². The van der Waals surface area contributed by atoms with E-state index in [1.165, 1.54) is 0 Å². The lowest BCUT2D eigenvalue weighted by atomic mass is 9.85. The molecular formula is C22H26ClNO3. The van der Waals surface area contributed by atoms with Gasteiger partial charge in [-0.05, 0) is 51.2 Å². The number of ketones is 1. The maximum Gasteiger partial charge on any atom is 0.309 e. The van der Waals surface area contributed by atoms with Crippen LogP contribution in [0, 0.1) is 19.8 Å². The van der Waals surface area contributed by atoms with E-state index >= 15 is 0 Å². The molecule has 1 saturated carbocycles. The maximum absolute atomic E-state index is 12.4. The number of hydrogen-bond acceptors (Lipinski definition) is 3. The van der Waals surface area contributed by atoms with Crippen molar-refractivity contribution in [3.8, 4) is 0 Å². The van der Waals surface area contributed by atoms with E-state index in [4.69, 9.17) is 16.3 Å². The van der Waals surface area contributed by atoms with E-state index in [0.29, 0.717) is 18.2 Å². The molecule has 1 fully saturated rings. The Morgan fingerprint density at radius 1 is 1.11 bits per heavy atom. The second-order valence-corrected chi connectivity index (χ2v) is 7.58. The summed E-state index contributed by atoms with van der Waals surface area (Å²) in [6.45, 7) is 4.34. The first kappa shape index (κ1) is 19.7. The van der Waals surface area contributed by atoms with Crippen molar-refractivity contribution in [2.45, 2.75) is 52.2 Å². The van der Waals surface area contributed by atoms with Gasteiger partial charge in [-0.3, -0.25) is 9.59 Å². The molecule has 144 valence electrons. The highest BCUT2D eigenvalue weighted by molar-refractivity contribution is 6.30. The molecule has 0 aliphatic heterocycles. The molecule has 0 unspecified atom stereocenters. The Bertz CT molecular complexity index is 804. The zero-order valence-corrected chi connectivity index (χ0v) is 16.7. The van der Waals surface area contributed by atoms with Gasteiger partial charge in [0.2, 0.25) is 0 Å². The second-order valence-electron chi connectivity index (χ2n) is 7.31. The van der Waals surface area contributed by atoms with Crippen molar-refractivity contribution >= 4 is 23.4 Å². The van der Waals surface area contributed by atoms with E-state index in [9.17, 15) is 9.59 Å². The fourth-order valence-electron chi connectivity index (χ4n) is 4.11. The highest BCUT2D eigenvalue weighted by Crippen LogP contribution is 2.35. The molecule has 0 spiro atoms. The first-order valence-corrected chi connectivity index (χ1v) is 10.0. The van der Waals surface area contributed by atoms with Crippen LogP contribution >= 0.6 is 11.6 Å². The monoisotopic (exact) mass is 387 g/mol. The van der Waals surface area contributed by atoms with Gasteiger partial charge in [0.05, 0.1) is 11.8 Å². The Morgan fingerprint density at radius 2 is 1.78 bits per heavy atom. The van der Waals surface area contributed by atoms with Crippen LogP contribution < -0.4 is 0 Å². The lowest BCUT2D eigenvalue weighted by Gasteiger charge is -2.30. The fourth-order valence-corrected chi connectivity index (χ4v) is 4.25. The average Bonchev–Trinajstić information content (AvgIpc) is 3.00. The minimum absolute atomic E-state index is 0.00426. The number of hydrogen-bond donors (Lipinski definition) is 0. The van der Waals surface area contributed by atoms with Gasteiger partial charge in [0.1, 0.15) is 6.61 Å². The number of ether oxygens (including phenoxy) is 1. The smallest absolute Gasteiger partial charge is 0.309 e. The molecule has 5 heteroatoms. The van der Waals surface area contributed by atoms with Crippen molar-refractivity contribution in [2.24, 2.45) is 5.92 Å². The number of carbonyl (C=O) groups excluding carboxylic acids is 2. The van der Waals surface area contributed by atoms with Gasteiger partial charge in [0, 0.05) is 23.0 Å². The number of rotatable bonds is 6. The summed E-state index contributed by atoms with van der Waals surface area (Å²) in [6, 6.07) is 12.0. The highest BCUT2D eigenvalue weighted by Gasteiger charge is 2.30. The Hall–Kier alpha value is -2.07. The van der Waals surface area contributed by atoms with Crippen LogP contribution in [0.1, 0.15) is 59.0 Å². The number of esters is 1. The predicted molar refractivity (Wildman–Crippen MR) is 106 cm³/mol. The summed E-state index contributed by atoms with van der Waals surface area (Å²) >= 11 is 5.72. The molecular weight excluding hydrogens is 362 g/mol. The van der Waals surface area contributed by atoms with Crippen LogP contribution in [0.15, 0.2) is 36.4 Å². The van der Waals surface area contributed by atoms with Crippen molar-refractivity contribution in [2.75, 3.05) is 5.88 Å². The molecule has 2 aromatic rings. The summed E-state index contributed by atoms with van der Waals surface area (Å²) in [5, 5.41) is 0. The highest BCUT2D eigenvalue weighted by atomic mass is 35.5. The van der Waals surface area contributed by atoms with Crippen molar-refractivity contribution in [3.63, 3.8) is 0 Å². The van der Waals surface area contributed by atoms with Crippen molar-refractivity contribution in [1.29, 1.82) is 0 Å². The topological polar surface area (TPSA) is 48.3 Å². The molecule has 1 heterocycles. The summed E-state index contributed by atoms with van der Waals surface area (Å²) in [4.78, 5) is 24.4. The van der Waals surface area contributed by atoms with Crippen molar-refractivity contribution in [1.82, 2.24) is 4.57 Å². The molecule has 0 atom stereocenters. The number of halogens is 1. The van der Waals surface area contributed by atoms with Crippen LogP contribution in [0.2, 0.25) is 0 Å². The van der Waals surface area contributed by atoms with Gasteiger partial charge in [-0.2, -0.15) is 0 Å². The third-order valence-corrected chi connectivity index (χ3v) is 5.77. The number of alkyl halides is 1. The van der Waals surface area contributed by atoms with Crippen LogP contribution in [-0.2, 0) is 16.1 Å². The number of nitrogens with zero attached hydrogens (tertiary/aromatic N) is 1. The molecule has 4 nitrogen and oxygen atoms in total. The van der Waals surface area contributed by atoms with E-state index < -0.39 is 0 Å². The number of aryl methyl sites for hydroxylation is 1. The first-order valence-electron chi connectivity index (χ1n) is 9.49. The van der Waals surface area contributed by atoms with Gasteiger partial charge < -0.3 is 9.30 Å². The Balaban J connectivity index is 1.58. The molecule has 3 rings (SSSR count). The molecule has 0 amide bonds. The Morgan fingerprint density at radius 3 is 2.41 bits per heavy atom. The second kappa shape index (κ2) is 8.75. The molecule has 1 aromatic carbocycles. The molecule has 1 aliphatic rings. The molecule has 0 bridgehead atoms. The SMILES string of the molecule is Cc1cc(C(=O)CCl)c(C)n1[C@H]1CC[C@H](C(=O)OCc2ccccc2)CC1. The van der Waals surface area contributed by atoms with Gasteiger partial charge >= 0.3 is 5.97 Å². The summed E-state index contributed by atoms with van der Waals surface area (Å²) < 4.78 is 7.74. The number of carbonyl (C=O) groups is 2. The average molecular weight is 388 g/mol. The van der Waals surface area contributed by atoms with Gasteiger partial charge in [0.15, 0.2) is 5.78 Å². The lowest BCUT2D eigenvalue weighted by Crippen LogP contribution is -2.26. The normalized spacial score (nSPS) is 19.7. The standard InChI is InChI=1S/C22H26ClNO3/c1-15-12-20(21(25)13-23)16(2)24(15)19-10-8-18(9-11-19)22(26)27-14-17-6-4-3-5-7-17/h3-7,12,18-19H,8-11,13-14H2,1-2H3/t18-,19-. The van der Waals surface area contributed by atoms with Crippen LogP contribution in [-0.4, -0.2) is 22.2 Å². The molecule has 1 aliphatic carbocycles. The molecule has 0 N–H and O–H groups in total. The maximum atomic E-state index is 12.4. The van der Waals surface area contributed by atoms with Gasteiger partial charge in [-0.25, -0.2) is 0 Å². The van der Waals surface area contributed by atoms with E-state index in [-0.39, 0.29) is 23.6 Å². The number of aromatic nitrogens is 1. The van der Waals surface area contributed by atoms with E-state index in [0.717, 1.165) is 42.6 Å². The third kappa shape index (κ3) is 4.44. The minimum Gasteiger partial charge on any atom is -0.461 e. The lowest BCUT2D eigenvalue weighted by molar-refractivity contribution is -0.151. The summed E-state index contributed by atoms with van der Waals surface area (Å²) in [5.74, 6) is -0.167. The zero-order valence-electron chi connectivity index (χ0n) is 15.9. The fraction of sp³-hybridized carbons (Fsp3) is 0.455. The molecule has 1 aromatic heterocycles. The summed E-state index contributed by atoms with van der Waals surface area (Å²) in [7, 11) is 0. The predicted octanol–water partition coefficient (Wildman–Crippen LogP) is 5.00. The van der Waals surface area contributed by atoms with Crippen molar-refractivity contribution in [3.05, 3.63) is 58.9 Å².